The van der Waals surface area contributed by atoms with E-state index >= 15 is 0 Å². The smallest absolute Gasteiger partial charge is 0.330 e. The molecule has 0 bridgehead atoms. The lowest BCUT2D eigenvalue weighted by atomic mass is 10.0. The van der Waals surface area contributed by atoms with E-state index in [1.807, 2.05) is 0 Å². The third-order valence-electron chi connectivity index (χ3n) is 3.14. The van der Waals surface area contributed by atoms with E-state index < -0.39 is 35.7 Å². The van der Waals surface area contributed by atoms with Crippen LogP contribution < -0.4 is 11.2 Å². The summed E-state index contributed by atoms with van der Waals surface area (Å²) in [6, 6.07) is 0. The van der Waals surface area contributed by atoms with Crippen molar-refractivity contribution < 1.29 is 13.9 Å². The summed E-state index contributed by atoms with van der Waals surface area (Å²) in [7, 11) is 0. The number of carbonyl (C=O) groups is 1. The first kappa shape index (κ1) is 12.7. The van der Waals surface area contributed by atoms with Gasteiger partial charge in [-0.3, -0.25) is 14.3 Å². The van der Waals surface area contributed by atoms with Gasteiger partial charge in [0.2, 0.25) is 0 Å². The Balaban J connectivity index is 2.45. The molecule has 0 saturated carbocycles. The SMILES string of the molecule is Cc1cn([C@@H]2O[C@H](C=O)[C@@H](C)[C@H]2F)c(=O)[nH]c1=O. The van der Waals surface area contributed by atoms with Crippen molar-refractivity contribution in [3.8, 4) is 0 Å². The quantitative estimate of drug-likeness (QED) is 0.750. The van der Waals surface area contributed by atoms with Gasteiger partial charge in [-0.15, -0.1) is 0 Å². The summed E-state index contributed by atoms with van der Waals surface area (Å²) in [6.45, 7) is 3.03. The average Bonchev–Trinajstić information content (AvgIpc) is 2.61. The van der Waals surface area contributed by atoms with Gasteiger partial charge >= 0.3 is 5.69 Å². The third kappa shape index (κ3) is 1.90. The van der Waals surface area contributed by atoms with Crippen LogP contribution in [-0.4, -0.2) is 28.1 Å². The molecule has 0 aliphatic carbocycles. The predicted octanol–water partition coefficient (Wildman–Crippen LogP) is -0.0845. The number of rotatable bonds is 2. The minimum absolute atomic E-state index is 0.271. The molecule has 1 aliphatic heterocycles. The van der Waals surface area contributed by atoms with E-state index in [0.717, 1.165) is 4.57 Å². The van der Waals surface area contributed by atoms with Crippen molar-refractivity contribution in [1.29, 1.82) is 0 Å². The van der Waals surface area contributed by atoms with Gasteiger partial charge in [0.15, 0.2) is 12.4 Å². The Hall–Kier alpha value is -1.76. The van der Waals surface area contributed by atoms with Crippen LogP contribution in [0.1, 0.15) is 18.7 Å². The maximum absolute atomic E-state index is 14.0. The number of carbonyl (C=O) groups excluding carboxylic acids is 1. The normalized spacial score (nSPS) is 31.5. The van der Waals surface area contributed by atoms with E-state index in [0.29, 0.717) is 6.29 Å². The Labute approximate surface area is 101 Å². The maximum Gasteiger partial charge on any atom is 0.330 e. The van der Waals surface area contributed by atoms with Gasteiger partial charge in [-0.1, -0.05) is 6.92 Å². The zero-order valence-electron chi connectivity index (χ0n) is 9.92. The molecule has 0 amide bonds. The van der Waals surface area contributed by atoms with E-state index in [2.05, 4.69) is 4.98 Å². The van der Waals surface area contributed by atoms with Crippen LogP contribution in [0.4, 0.5) is 4.39 Å². The molecule has 0 unspecified atom stereocenters. The highest BCUT2D eigenvalue weighted by molar-refractivity contribution is 5.57. The Morgan fingerprint density at radius 2 is 2.17 bits per heavy atom. The average molecular weight is 256 g/mol. The molecule has 98 valence electrons. The Morgan fingerprint density at radius 1 is 1.50 bits per heavy atom. The van der Waals surface area contributed by atoms with Gasteiger partial charge < -0.3 is 9.53 Å². The van der Waals surface area contributed by atoms with Crippen LogP contribution in [0.3, 0.4) is 0 Å². The molecule has 7 heteroatoms. The van der Waals surface area contributed by atoms with Crippen LogP contribution >= 0.6 is 0 Å². The molecule has 2 rings (SSSR count). The van der Waals surface area contributed by atoms with Crippen LogP contribution in [-0.2, 0) is 9.53 Å². The Kier molecular flexibility index (Phi) is 3.16. The second kappa shape index (κ2) is 4.49. The van der Waals surface area contributed by atoms with Crippen molar-refractivity contribution in [2.75, 3.05) is 0 Å². The zero-order chi connectivity index (χ0) is 13.4. The molecular formula is C11H13FN2O4. The summed E-state index contributed by atoms with van der Waals surface area (Å²) in [5.74, 6) is -0.633. The molecule has 1 fully saturated rings. The third-order valence-corrected chi connectivity index (χ3v) is 3.14. The van der Waals surface area contributed by atoms with Crippen molar-refractivity contribution >= 4 is 6.29 Å². The van der Waals surface area contributed by atoms with Gasteiger partial charge in [-0.2, -0.15) is 0 Å². The second-order valence-corrected chi connectivity index (χ2v) is 4.41. The van der Waals surface area contributed by atoms with E-state index in [4.69, 9.17) is 4.74 Å². The number of aldehydes is 1. The molecule has 1 aliphatic rings. The fourth-order valence-electron chi connectivity index (χ4n) is 1.95. The molecule has 18 heavy (non-hydrogen) atoms. The Morgan fingerprint density at radius 3 is 2.72 bits per heavy atom. The van der Waals surface area contributed by atoms with Gasteiger partial charge in [-0.05, 0) is 6.92 Å². The largest absolute Gasteiger partial charge is 0.344 e. The van der Waals surface area contributed by atoms with Crippen LogP contribution in [0.2, 0.25) is 0 Å². The summed E-state index contributed by atoms with van der Waals surface area (Å²) in [6.07, 6.45) is -1.80. The fourth-order valence-corrected chi connectivity index (χ4v) is 1.95. The number of hydrogen-bond acceptors (Lipinski definition) is 4. The highest BCUT2D eigenvalue weighted by Crippen LogP contribution is 2.34. The fraction of sp³-hybridized carbons (Fsp3) is 0.545. The zero-order valence-corrected chi connectivity index (χ0v) is 9.92. The maximum atomic E-state index is 14.0. The molecule has 1 aromatic rings. The van der Waals surface area contributed by atoms with Crippen molar-refractivity contribution in [1.82, 2.24) is 9.55 Å². The Bertz CT molecular complexity index is 579. The second-order valence-electron chi connectivity index (χ2n) is 4.41. The number of halogens is 1. The first-order chi connectivity index (χ1) is 8.45. The van der Waals surface area contributed by atoms with Crippen LogP contribution in [0.15, 0.2) is 15.8 Å². The van der Waals surface area contributed by atoms with Crippen LogP contribution in [0.5, 0.6) is 0 Å². The standard InChI is InChI=1S/C11H13FN2O4/c1-5-3-14(11(17)13-9(5)16)10-8(12)6(2)7(4-15)18-10/h3-4,6-8,10H,1-2H3,(H,13,16,17)/t6-,7-,8-,10-/m1/s1. The van der Waals surface area contributed by atoms with E-state index in [1.165, 1.54) is 20.0 Å². The van der Waals surface area contributed by atoms with Gasteiger partial charge in [0.1, 0.15) is 12.4 Å². The van der Waals surface area contributed by atoms with Crippen LogP contribution in [0, 0.1) is 12.8 Å². The first-order valence-corrected chi connectivity index (χ1v) is 5.52. The molecular weight excluding hydrogens is 243 g/mol. The number of aromatic nitrogens is 2. The lowest BCUT2D eigenvalue weighted by Gasteiger charge is -2.16. The van der Waals surface area contributed by atoms with Crippen LogP contribution in [0.25, 0.3) is 0 Å². The van der Waals surface area contributed by atoms with E-state index in [1.54, 1.807) is 0 Å². The van der Waals surface area contributed by atoms with Gasteiger partial charge in [-0.25, -0.2) is 9.18 Å². The van der Waals surface area contributed by atoms with E-state index in [9.17, 15) is 18.8 Å². The molecule has 6 nitrogen and oxygen atoms in total. The van der Waals surface area contributed by atoms with Crippen molar-refractivity contribution in [2.45, 2.75) is 32.4 Å². The summed E-state index contributed by atoms with van der Waals surface area (Å²) in [4.78, 5) is 35.6. The number of nitrogens with one attached hydrogen (secondary N) is 1. The number of alkyl halides is 1. The molecule has 2 heterocycles. The number of aryl methyl sites for hydroxylation is 1. The summed E-state index contributed by atoms with van der Waals surface area (Å²) < 4.78 is 20.1. The minimum atomic E-state index is -1.48. The van der Waals surface area contributed by atoms with Gasteiger partial charge in [0, 0.05) is 17.7 Å². The number of aromatic amines is 1. The summed E-state index contributed by atoms with van der Waals surface area (Å²) in [5, 5.41) is 0. The minimum Gasteiger partial charge on any atom is -0.344 e. The van der Waals surface area contributed by atoms with Crippen molar-refractivity contribution in [2.24, 2.45) is 5.92 Å². The topological polar surface area (TPSA) is 81.2 Å². The first-order valence-electron chi connectivity index (χ1n) is 5.52. The molecule has 1 saturated heterocycles. The summed E-state index contributed by atoms with van der Waals surface area (Å²) >= 11 is 0. The van der Waals surface area contributed by atoms with Gasteiger partial charge in [0.25, 0.3) is 5.56 Å². The summed E-state index contributed by atoms with van der Waals surface area (Å²) in [5.41, 5.74) is -1.01. The number of hydrogen-bond donors (Lipinski definition) is 1. The predicted molar refractivity (Wildman–Crippen MR) is 60.1 cm³/mol. The van der Waals surface area contributed by atoms with E-state index in [-0.39, 0.29) is 5.56 Å². The molecule has 0 spiro atoms. The highest BCUT2D eigenvalue weighted by Gasteiger charge is 2.43. The lowest BCUT2D eigenvalue weighted by Crippen LogP contribution is -2.36. The number of H-pyrrole nitrogens is 1. The monoisotopic (exact) mass is 256 g/mol. The highest BCUT2D eigenvalue weighted by atomic mass is 19.1. The van der Waals surface area contributed by atoms with Gasteiger partial charge in [0.05, 0.1) is 0 Å². The number of nitrogens with zero attached hydrogens (tertiary/aromatic N) is 1. The number of ether oxygens (including phenoxy) is 1. The lowest BCUT2D eigenvalue weighted by molar-refractivity contribution is -0.121. The van der Waals surface area contributed by atoms with Crippen molar-refractivity contribution in [3.63, 3.8) is 0 Å². The van der Waals surface area contributed by atoms with Crippen molar-refractivity contribution in [3.05, 3.63) is 32.6 Å². The molecule has 0 radical (unpaired) electrons. The molecule has 1 N–H and O–H groups in total. The molecule has 0 aromatic carbocycles. The molecule has 1 aromatic heterocycles. The molecule has 4 atom stereocenters.